The fraction of sp³-hybridized carbons (Fsp3) is 0.350. The summed E-state index contributed by atoms with van der Waals surface area (Å²) in [5, 5.41) is 2.97. The van der Waals surface area contributed by atoms with E-state index in [4.69, 9.17) is 4.74 Å². The Morgan fingerprint density at radius 1 is 1.16 bits per heavy atom. The van der Waals surface area contributed by atoms with Crippen LogP contribution in [0.5, 0.6) is 0 Å². The molecule has 1 aromatic carbocycles. The second-order valence-electron chi connectivity index (χ2n) is 6.00. The van der Waals surface area contributed by atoms with Gasteiger partial charge in [-0.3, -0.25) is 9.78 Å². The van der Waals surface area contributed by atoms with Gasteiger partial charge in [0.05, 0.1) is 11.6 Å². The van der Waals surface area contributed by atoms with Gasteiger partial charge >= 0.3 is 5.97 Å². The van der Waals surface area contributed by atoms with Crippen molar-refractivity contribution in [2.45, 2.75) is 45.8 Å². The molecule has 0 fully saturated rings. The molecule has 0 saturated heterocycles. The van der Waals surface area contributed by atoms with Gasteiger partial charge in [0.25, 0.3) is 5.91 Å². The molecular formula is C20H24N2O3. The van der Waals surface area contributed by atoms with Gasteiger partial charge in [-0.25, -0.2) is 4.79 Å². The van der Waals surface area contributed by atoms with Gasteiger partial charge in [-0.1, -0.05) is 43.7 Å². The van der Waals surface area contributed by atoms with E-state index in [1.165, 1.54) is 6.20 Å². The molecule has 0 spiro atoms. The van der Waals surface area contributed by atoms with Crippen molar-refractivity contribution < 1.29 is 14.3 Å². The van der Waals surface area contributed by atoms with Gasteiger partial charge in [-0.2, -0.15) is 0 Å². The van der Waals surface area contributed by atoms with Gasteiger partial charge in [0.1, 0.15) is 0 Å². The Kier molecular flexibility index (Phi) is 6.69. The number of carbonyl (C=O) groups is 2. The molecule has 0 aliphatic rings. The molecule has 5 heteroatoms. The van der Waals surface area contributed by atoms with Crippen LogP contribution < -0.4 is 5.32 Å². The van der Waals surface area contributed by atoms with Crippen molar-refractivity contribution in [1.82, 2.24) is 10.3 Å². The van der Waals surface area contributed by atoms with E-state index < -0.39 is 12.1 Å². The first-order valence-electron chi connectivity index (χ1n) is 8.50. The minimum absolute atomic E-state index is 0.0964. The van der Waals surface area contributed by atoms with Gasteiger partial charge in [-0.05, 0) is 38.0 Å². The smallest absolute Gasteiger partial charge is 0.340 e. The third-order valence-corrected chi connectivity index (χ3v) is 3.90. The predicted octanol–water partition coefficient (Wildman–Crippen LogP) is 3.59. The molecule has 0 saturated carbocycles. The van der Waals surface area contributed by atoms with E-state index in [2.05, 4.69) is 17.2 Å². The van der Waals surface area contributed by atoms with Gasteiger partial charge in [-0.15, -0.1) is 0 Å². The molecule has 0 aliphatic heterocycles. The molecule has 1 aromatic heterocycles. The summed E-state index contributed by atoms with van der Waals surface area (Å²) in [6.07, 6.45) is 2.32. The van der Waals surface area contributed by atoms with Crippen LogP contribution in [0.3, 0.4) is 0 Å². The summed E-state index contributed by atoms with van der Waals surface area (Å²) in [6, 6.07) is 13.1. The summed E-state index contributed by atoms with van der Waals surface area (Å²) in [6.45, 7) is 5.47. The Morgan fingerprint density at radius 2 is 1.88 bits per heavy atom. The number of amides is 1. The molecule has 2 rings (SSSR count). The van der Waals surface area contributed by atoms with Crippen LogP contribution in [0.15, 0.2) is 48.7 Å². The zero-order valence-electron chi connectivity index (χ0n) is 14.9. The number of carbonyl (C=O) groups excluding carboxylic acids is 2. The minimum Gasteiger partial charge on any atom is -0.449 e. The lowest BCUT2D eigenvalue weighted by molar-refractivity contribution is -0.129. The van der Waals surface area contributed by atoms with Crippen LogP contribution in [0.25, 0.3) is 0 Å². The molecule has 2 atom stereocenters. The van der Waals surface area contributed by atoms with Crippen LogP contribution in [0.2, 0.25) is 0 Å². The summed E-state index contributed by atoms with van der Waals surface area (Å²) >= 11 is 0. The normalized spacial score (nSPS) is 12.9. The number of rotatable bonds is 7. The first-order valence-corrected chi connectivity index (χ1v) is 8.50. The third kappa shape index (κ3) is 5.41. The second-order valence-corrected chi connectivity index (χ2v) is 6.00. The second kappa shape index (κ2) is 8.97. The van der Waals surface area contributed by atoms with Gasteiger partial charge in [0, 0.05) is 11.9 Å². The fourth-order valence-electron chi connectivity index (χ4n) is 2.46. The van der Waals surface area contributed by atoms with Crippen molar-refractivity contribution in [1.29, 1.82) is 0 Å². The highest BCUT2D eigenvalue weighted by Gasteiger charge is 2.22. The van der Waals surface area contributed by atoms with Crippen molar-refractivity contribution in [3.63, 3.8) is 0 Å². The number of benzene rings is 1. The number of ether oxygens (including phenoxy) is 1. The minimum atomic E-state index is -0.878. The summed E-state index contributed by atoms with van der Waals surface area (Å²) in [4.78, 5) is 28.6. The lowest BCUT2D eigenvalue weighted by Crippen LogP contribution is -2.38. The first-order chi connectivity index (χ1) is 12.0. The highest BCUT2D eigenvalue weighted by molar-refractivity contribution is 5.92. The van der Waals surface area contributed by atoms with E-state index in [-0.39, 0.29) is 11.9 Å². The number of hydrogen-bond acceptors (Lipinski definition) is 4. The molecular weight excluding hydrogens is 316 g/mol. The van der Waals surface area contributed by atoms with Crippen LogP contribution in [0.1, 0.15) is 54.3 Å². The van der Waals surface area contributed by atoms with Crippen LogP contribution in [0.4, 0.5) is 0 Å². The number of esters is 1. The molecule has 1 N–H and O–H groups in total. The average Bonchev–Trinajstić information content (AvgIpc) is 2.62. The molecule has 132 valence electrons. The predicted molar refractivity (Wildman–Crippen MR) is 96.1 cm³/mol. The largest absolute Gasteiger partial charge is 0.449 e. The molecule has 0 bridgehead atoms. The van der Waals surface area contributed by atoms with E-state index in [9.17, 15) is 9.59 Å². The van der Waals surface area contributed by atoms with Crippen LogP contribution in [-0.2, 0) is 9.53 Å². The number of aryl methyl sites for hydroxylation is 1. The maximum atomic E-state index is 12.4. The molecule has 25 heavy (non-hydrogen) atoms. The van der Waals surface area contributed by atoms with Crippen molar-refractivity contribution in [3.05, 3.63) is 65.5 Å². The van der Waals surface area contributed by atoms with Crippen LogP contribution >= 0.6 is 0 Å². The topological polar surface area (TPSA) is 68.3 Å². The monoisotopic (exact) mass is 340 g/mol. The average molecular weight is 340 g/mol. The SMILES string of the molecule is CCC[C@H](NC(=O)[C@@H](C)OC(=O)c1ccc(C)nc1)c1ccccc1. The number of aromatic nitrogens is 1. The van der Waals surface area contributed by atoms with Crippen LogP contribution in [0, 0.1) is 6.92 Å². The Bertz CT molecular complexity index is 699. The van der Waals surface area contributed by atoms with Gasteiger partial charge < -0.3 is 10.1 Å². The third-order valence-electron chi connectivity index (χ3n) is 3.90. The van der Waals surface area contributed by atoms with Crippen molar-refractivity contribution in [2.75, 3.05) is 0 Å². The number of hydrogen-bond donors (Lipinski definition) is 1. The Hall–Kier alpha value is -2.69. The van der Waals surface area contributed by atoms with E-state index in [0.29, 0.717) is 5.56 Å². The fourth-order valence-corrected chi connectivity index (χ4v) is 2.46. The van der Waals surface area contributed by atoms with E-state index >= 15 is 0 Å². The van der Waals surface area contributed by atoms with Crippen molar-refractivity contribution in [2.24, 2.45) is 0 Å². The Morgan fingerprint density at radius 3 is 2.48 bits per heavy atom. The molecule has 0 aliphatic carbocycles. The standard InChI is InChI=1S/C20H24N2O3/c1-4-8-18(16-9-6-5-7-10-16)22-19(23)15(3)25-20(24)17-12-11-14(2)21-13-17/h5-7,9-13,15,18H,4,8H2,1-3H3,(H,22,23)/t15-,18+/m1/s1. The van der Waals surface area contributed by atoms with Gasteiger partial charge in [0.2, 0.25) is 0 Å². The molecule has 2 aromatic rings. The molecule has 0 unspecified atom stereocenters. The van der Waals surface area contributed by atoms with Gasteiger partial charge in [0.15, 0.2) is 6.10 Å². The zero-order valence-corrected chi connectivity index (χ0v) is 14.9. The molecule has 0 radical (unpaired) electrons. The molecule has 5 nitrogen and oxygen atoms in total. The number of nitrogens with one attached hydrogen (secondary N) is 1. The summed E-state index contributed by atoms with van der Waals surface area (Å²) in [5.74, 6) is -0.863. The van der Waals surface area contributed by atoms with Crippen LogP contribution in [-0.4, -0.2) is 23.0 Å². The zero-order chi connectivity index (χ0) is 18.2. The molecule has 1 heterocycles. The number of pyridine rings is 1. The summed E-state index contributed by atoms with van der Waals surface area (Å²) in [5.41, 5.74) is 2.19. The highest BCUT2D eigenvalue weighted by Crippen LogP contribution is 2.18. The summed E-state index contributed by atoms with van der Waals surface area (Å²) in [7, 11) is 0. The lowest BCUT2D eigenvalue weighted by Gasteiger charge is -2.21. The van der Waals surface area contributed by atoms with Crippen molar-refractivity contribution >= 4 is 11.9 Å². The highest BCUT2D eigenvalue weighted by atomic mass is 16.5. The Labute approximate surface area is 148 Å². The maximum Gasteiger partial charge on any atom is 0.340 e. The first kappa shape index (κ1) is 18.6. The van der Waals surface area contributed by atoms with E-state index in [1.54, 1.807) is 19.1 Å². The quantitative estimate of drug-likeness (QED) is 0.782. The van der Waals surface area contributed by atoms with E-state index in [1.807, 2.05) is 37.3 Å². The lowest BCUT2D eigenvalue weighted by atomic mass is 10.0. The van der Waals surface area contributed by atoms with E-state index in [0.717, 1.165) is 24.1 Å². The van der Waals surface area contributed by atoms with Crippen molar-refractivity contribution in [3.8, 4) is 0 Å². The number of nitrogens with zero attached hydrogens (tertiary/aromatic N) is 1. The maximum absolute atomic E-state index is 12.4. The summed E-state index contributed by atoms with van der Waals surface area (Å²) < 4.78 is 5.26. The Balaban J connectivity index is 1.98. The molecule has 1 amide bonds.